The lowest BCUT2D eigenvalue weighted by Gasteiger charge is -2.23. The number of hydrogen-bond acceptors (Lipinski definition) is 7. The molecule has 8 nitrogen and oxygen atoms in total. The second-order valence-electron chi connectivity index (χ2n) is 6.45. The fourth-order valence-electron chi connectivity index (χ4n) is 3.00. The third-order valence-corrected chi connectivity index (χ3v) is 4.15. The van der Waals surface area contributed by atoms with Crippen LogP contribution >= 0.6 is 0 Å². The first-order valence-corrected chi connectivity index (χ1v) is 8.35. The summed E-state index contributed by atoms with van der Waals surface area (Å²) in [4.78, 5) is 23.5. The van der Waals surface area contributed by atoms with Gasteiger partial charge in [0, 0.05) is 32.3 Å². The molecule has 0 bridgehead atoms. The third kappa shape index (κ3) is 3.63. The SMILES string of the molecule is CO[C@H]1C[C@H](c2nc(C)no2)N(C(=O)c2cccnc2NC(C)C)C1. The summed E-state index contributed by atoms with van der Waals surface area (Å²) in [6.45, 7) is 6.23. The number of carbonyl (C=O) groups is 1. The molecule has 0 aliphatic carbocycles. The van der Waals surface area contributed by atoms with Crippen molar-refractivity contribution in [2.45, 2.75) is 45.4 Å². The highest BCUT2D eigenvalue weighted by Crippen LogP contribution is 2.34. The van der Waals surface area contributed by atoms with Gasteiger partial charge in [-0.3, -0.25) is 4.79 Å². The van der Waals surface area contributed by atoms with Gasteiger partial charge >= 0.3 is 0 Å². The summed E-state index contributed by atoms with van der Waals surface area (Å²) in [6, 6.07) is 3.40. The number of nitrogens with zero attached hydrogens (tertiary/aromatic N) is 4. The molecule has 1 saturated heterocycles. The Kier molecular flexibility index (Phi) is 4.98. The molecule has 134 valence electrons. The summed E-state index contributed by atoms with van der Waals surface area (Å²) in [7, 11) is 1.64. The van der Waals surface area contributed by atoms with Crippen molar-refractivity contribution in [3.63, 3.8) is 0 Å². The zero-order valence-electron chi connectivity index (χ0n) is 14.9. The molecule has 0 unspecified atom stereocenters. The van der Waals surface area contributed by atoms with E-state index in [4.69, 9.17) is 9.26 Å². The van der Waals surface area contributed by atoms with E-state index < -0.39 is 0 Å². The number of likely N-dealkylation sites (tertiary alicyclic amines) is 1. The molecule has 1 aliphatic rings. The monoisotopic (exact) mass is 345 g/mol. The predicted molar refractivity (Wildman–Crippen MR) is 91.2 cm³/mol. The van der Waals surface area contributed by atoms with Crippen LogP contribution in [-0.2, 0) is 4.74 Å². The molecular weight excluding hydrogens is 322 g/mol. The van der Waals surface area contributed by atoms with Gasteiger partial charge in [0.2, 0.25) is 5.89 Å². The minimum Gasteiger partial charge on any atom is -0.380 e. The summed E-state index contributed by atoms with van der Waals surface area (Å²) in [6.07, 6.45) is 2.22. The first kappa shape index (κ1) is 17.3. The Labute approximate surface area is 146 Å². The average molecular weight is 345 g/mol. The Morgan fingerprint density at radius 3 is 2.92 bits per heavy atom. The molecule has 3 heterocycles. The van der Waals surface area contributed by atoms with Crippen molar-refractivity contribution in [2.24, 2.45) is 0 Å². The van der Waals surface area contributed by atoms with E-state index in [2.05, 4.69) is 20.4 Å². The van der Waals surface area contributed by atoms with E-state index in [1.54, 1.807) is 37.3 Å². The Bertz CT molecular complexity index is 745. The smallest absolute Gasteiger partial charge is 0.258 e. The Morgan fingerprint density at radius 1 is 1.48 bits per heavy atom. The van der Waals surface area contributed by atoms with Crippen molar-refractivity contribution >= 4 is 11.7 Å². The molecule has 0 saturated carbocycles. The maximum Gasteiger partial charge on any atom is 0.258 e. The number of aryl methyl sites for hydroxylation is 1. The Balaban J connectivity index is 1.91. The number of methoxy groups -OCH3 is 1. The van der Waals surface area contributed by atoms with E-state index in [1.807, 2.05) is 13.8 Å². The van der Waals surface area contributed by atoms with Crippen molar-refractivity contribution in [2.75, 3.05) is 19.0 Å². The van der Waals surface area contributed by atoms with Crippen LogP contribution in [0.3, 0.4) is 0 Å². The molecule has 0 aromatic carbocycles. The summed E-state index contributed by atoms with van der Waals surface area (Å²) in [5.74, 6) is 1.43. The van der Waals surface area contributed by atoms with Crippen molar-refractivity contribution in [3.8, 4) is 0 Å². The quantitative estimate of drug-likeness (QED) is 0.888. The van der Waals surface area contributed by atoms with Gasteiger partial charge in [-0.1, -0.05) is 5.16 Å². The molecule has 1 fully saturated rings. The minimum atomic E-state index is -0.300. The summed E-state index contributed by atoms with van der Waals surface area (Å²) in [5, 5.41) is 7.07. The number of ether oxygens (including phenoxy) is 1. The predicted octanol–water partition coefficient (Wildman–Crippen LogP) is 2.20. The number of pyridine rings is 1. The summed E-state index contributed by atoms with van der Waals surface area (Å²) >= 11 is 0. The highest BCUT2D eigenvalue weighted by molar-refractivity contribution is 5.99. The number of carbonyl (C=O) groups excluding carboxylic acids is 1. The van der Waals surface area contributed by atoms with Gasteiger partial charge < -0.3 is 19.5 Å². The third-order valence-electron chi connectivity index (χ3n) is 4.15. The van der Waals surface area contributed by atoms with E-state index in [-0.39, 0.29) is 24.1 Å². The number of hydrogen-bond donors (Lipinski definition) is 1. The standard InChI is InChI=1S/C17H23N5O3/c1-10(2)19-15-13(6-5-7-18-15)17(23)22-9-12(24-4)8-14(22)16-20-11(3)21-25-16/h5-7,10,12,14H,8-9H2,1-4H3,(H,18,19)/t12-,14+/m0/s1. The van der Waals surface area contributed by atoms with Gasteiger partial charge in [0.15, 0.2) is 5.82 Å². The van der Waals surface area contributed by atoms with E-state index in [1.165, 1.54) is 0 Å². The molecule has 25 heavy (non-hydrogen) atoms. The molecular formula is C17H23N5O3. The maximum absolute atomic E-state index is 13.2. The van der Waals surface area contributed by atoms with Gasteiger partial charge in [-0.25, -0.2) is 4.98 Å². The largest absolute Gasteiger partial charge is 0.380 e. The van der Waals surface area contributed by atoms with Gasteiger partial charge in [0.25, 0.3) is 5.91 Å². The summed E-state index contributed by atoms with van der Waals surface area (Å²) < 4.78 is 10.8. The molecule has 1 amide bonds. The summed E-state index contributed by atoms with van der Waals surface area (Å²) in [5.41, 5.74) is 0.522. The van der Waals surface area contributed by atoms with Crippen LogP contribution in [-0.4, -0.2) is 51.7 Å². The number of aromatic nitrogens is 3. The lowest BCUT2D eigenvalue weighted by Crippen LogP contribution is -2.33. The zero-order valence-corrected chi connectivity index (χ0v) is 14.9. The second-order valence-corrected chi connectivity index (χ2v) is 6.45. The molecule has 0 radical (unpaired) electrons. The van der Waals surface area contributed by atoms with Crippen LogP contribution in [0.25, 0.3) is 0 Å². The van der Waals surface area contributed by atoms with E-state index >= 15 is 0 Å². The number of nitrogens with one attached hydrogen (secondary N) is 1. The van der Waals surface area contributed by atoms with Crippen LogP contribution in [0, 0.1) is 6.92 Å². The average Bonchev–Trinajstić information content (AvgIpc) is 3.20. The Morgan fingerprint density at radius 2 is 2.28 bits per heavy atom. The number of anilines is 1. The fourth-order valence-corrected chi connectivity index (χ4v) is 3.00. The molecule has 1 N–H and O–H groups in total. The van der Waals surface area contributed by atoms with Gasteiger partial charge in [-0.2, -0.15) is 4.98 Å². The van der Waals surface area contributed by atoms with Gasteiger partial charge in [-0.05, 0) is 32.9 Å². The van der Waals surface area contributed by atoms with Crippen molar-refractivity contribution in [1.82, 2.24) is 20.0 Å². The highest BCUT2D eigenvalue weighted by Gasteiger charge is 2.40. The van der Waals surface area contributed by atoms with Crippen molar-refractivity contribution in [1.29, 1.82) is 0 Å². The first-order chi connectivity index (χ1) is 12.0. The molecule has 2 aromatic heterocycles. The van der Waals surface area contributed by atoms with Crippen LogP contribution < -0.4 is 5.32 Å². The van der Waals surface area contributed by atoms with Gasteiger partial charge in [0.1, 0.15) is 11.9 Å². The van der Waals surface area contributed by atoms with Gasteiger partial charge in [-0.15, -0.1) is 0 Å². The van der Waals surface area contributed by atoms with E-state index in [9.17, 15) is 4.79 Å². The lowest BCUT2D eigenvalue weighted by molar-refractivity contribution is 0.0671. The Hall–Kier alpha value is -2.48. The first-order valence-electron chi connectivity index (χ1n) is 8.35. The normalized spacial score (nSPS) is 20.3. The highest BCUT2D eigenvalue weighted by atomic mass is 16.5. The fraction of sp³-hybridized carbons (Fsp3) is 0.529. The molecule has 3 rings (SSSR count). The van der Waals surface area contributed by atoms with Gasteiger partial charge in [0.05, 0.1) is 11.7 Å². The zero-order chi connectivity index (χ0) is 18.0. The van der Waals surface area contributed by atoms with Crippen molar-refractivity contribution in [3.05, 3.63) is 35.6 Å². The van der Waals surface area contributed by atoms with Crippen LogP contribution in [0.4, 0.5) is 5.82 Å². The van der Waals surface area contributed by atoms with Crippen LogP contribution in [0.5, 0.6) is 0 Å². The lowest BCUT2D eigenvalue weighted by atomic mass is 10.1. The van der Waals surface area contributed by atoms with E-state index in [0.29, 0.717) is 36.1 Å². The van der Waals surface area contributed by atoms with Crippen LogP contribution in [0.1, 0.15) is 48.4 Å². The minimum absolute atomic E-state index is 0.0701. The molecule has 0 spiro atoms. The molecule has 1 aliphatic heterocycles. The molecule has 2 aromatic rings. The molecule has 2 atom stereocenters. The van der Waals surface area contributed by atoms with E-state index in [0.717, 1.165) is 0 Å². The van der Waals surface area contributed by atoms with Crippen molar-refractivity contribution < 1.29 is 14.1 Å². The van der Waals surface area contributed by atoms with Crippen LogP contribution in [0.15, 0.2) is 22.9 Å². The second kappa shape index (κ2) is 7.18. The maximum atomic E-state index is 13.2. The molecule has 8 heteroatoms. The number of rotatable bonds is 5. The van der Waals surface area contributed by atoms with Crippen LogP contribution in [0.2, 0.25) is 0 Å². The number of amides is 1. The topological polar surface area (TPSA) is 93.4 Å².